The number of carbonyl (C=O) groups excluding carboxylic acids is 1. The maximum Gasteiger partial charge on any atom is 0.220 e. The van der Waals surface area contributed by atoms with E-state index >= 15 is 0 Å². The Kier molecular flexibility index (Phi) is 60.2. The molecule has 0 rings (SSSR count). The molecule has 2 atom stereocenters. The van der Waals surface area contributed by atoms with Gasteiger partial charge in [0.2, 0.25) is 5.91 Å². The Morgan fingerprint density at radius 1 is 0.329 bits per heavy atom. The average Bonchev–Trinajstić information content (AvgIpc) is 3.36. The molecule has 3 N–H and O–H groups in total. The first-order valence-corrected chi connectivity index (χ1v) is 31.9. The fraction of sp³-hybridized carbons (Fsp3) is 0.864. The summed E-state index contributed by atoms with van der Waals surface area (Å²) in [5.74, 6) is -0.0739. The number of hydrogen-bond donors (Lipinski definition) is 3. The summed E-state index contributed by atoms with van der Waals surface area (Å²) in [7, 11) is 0. The Bertz CT molecular complexity index is 1110. The van der Waals surface area contributed by atoms with Crippen molar-refractivity contribution >= 4 is 5.91 Å². The molecule has 0 saturated carbocycles. The van der Waals surface area contributed by atoms with E-state index in [2.05, 4.69) is 55.6 Å². The molecular formula is C66H125NO3. The number of allylic oxidation sites excluding steroid dienone is 7. The Morgan fingerprint density at radius 3 is 0.829 bits per heavy atom. The van der Waals surface area contributed by atoms with Crippen molar-refractivity contribution < 1.29 is 15.0 Å². The molecule has 4 nitrogen and oxygen atoms in total. The van der Waals surface area contributed by atoms with Gasteiger partial charge >= 0.3 is 0 Å². The van der Waals surface area contributed by atoms with E-state index in [0.29, 0.717) is 6.42 Å². The molecular weight excluding hydrogens is 855 g/mol. The molecule has 0 bridgehead atoms. The van der Waals surface area contributed by atoms with Gasteiger partial charge in [-0.05, 0) is 70.6 Å². The minimum atomic E-state index is -0.872. The second-order valence-electron chi connectivity index (χ2n) is 21.8. The number of aliphatic hydroxyl groups excluding tert-OH is 2. The van der Waals surface area contributed by atoms with Crippen molar-refractivity contribution in [1.82, 2.24) is 5.32 Å². The van der Waals surface area contributed by atoms with E-state index in [1.807, 2.05) is 6.08 Å². The van der Waals surface area contributed by atoms with Crippen LogP contribution in [0.5, 0.6) is 0 Å². The van der Waals surface area contributed by atoms with Gasteiger partial charge in [0, 0.05) is 6.42 Å². The summed E-state index contributed by atoms with van der Waals surface area (Å²) < 4.78 is 0. The zero-order valence-electron chi connectivity index (χ0n) is 47.6. The van der Waals surface area contributed by atoms with E-state index in [1.165, 1.54) is 289 Å². The number of aliphatic hydroxyl groups is 2. The zero-order valence-corrected chi connectivity index (χ0v) is 47.6. The second-order valence-corrected chi connectivity index (χ2v) is 21.8. The Balaban J connectivity index is 3.51. The summed E-state index contributed by atoms with van der Waals surface area (Å²) in [6.45, 7) is 4.33. The molecule has 0 aromatic heterocycles. The first-order valence-electron chi connectivity index (χ1n) is 31.9. The molecule has 70 heavy (non-hydrogen) atoms. The summed E-state index contributed by atoms with van der Waals surface area (Å²) in [4.78, 5) is 12.5. The van der Waals surface area contributed by atoms with Gasteiger partial charge in [0.15, 0.2) is 0 Å². The molecule has 0 spiro atoms. The normalized spacial score (nSPS) is 13.0. The molecule has 0 aliphatic heterocycles. The number of carbonyl (C=O) groups is 1. The molecule has 0 saturated heterocycles. The fourth-order valence-corrected chi connectivity index (χ4v) is 9.92. The van der Waals surface area contributed by atoms with Crippen molar-refractivity contribution in [1.29, 1.82) is 0 Å². The van der Waals surface area contributed by atoms with Gasteiger partial charge in [-0.1, -0.05) is 319 Å². The van der Waals surface area contributed by atoms with Crippen LogP contribution in [0.1, 0.15) is 348 Å². The molecule has 0 aliphatic carbocycles. The van der Waals surface area contributed by atoms with E-state index in [1.54, 1.807) is 6.08 Å². The second kappa shape index (κ2) is 61.6. The van der Waals surface area contributed by atoms with Crippen LogP contribution < -0.4 is 5.32 Å². The highest BCUT2D eigenvalue weighted by Crippen LogP contribution is 2.18. The maximum atomic E-state index is 12.5. The van der Waals surface area contributed by atoms with Crippen molar-refractivity contribution in [3.8, 4) is 0 Å². The summed E-state index contributed by atoms with van der Waals surface area (Å²) in [6.07, 6.45) is 86.0. The maximum absolute atomic E-state index is 12.5. The van der Waals surface area contributed by atoms with Crippen LogP contribution in [0.15, 0.2) is 48.6 Å². The summed E-state index contributed by atoms with van der Waals surface area (Å²) in [5, 5.41) is 23.2. The molecule has 1 amide bonds. The topological polar surface area (TPSA) is 69.6 Å². The van der Waals surface area contributed by atoms with Crippen molar-refractivity contribution in [3.05, 3.63) is 48.6 Å². The third-order valence-electron chi connectivity index (χ3n) is 14.8. The number of rotatable bonds is 59. The van der Waals surface area contributed by atoms with Crippen LogP contribution in [-0.4, -0.2) is 34.9 Å². The standard InChI is InChI=1S/C66H125NO3/c1-3-5-7-9-11-13-15-17-19-21-23-25-27-29-30-31-32-33-34-35-36-38-39-41-43-45-47-49-51-53-55-57-59-61-65(69)64(63-68)67-66(70)62-60-58-56-54-52-50-48-46-44-42-40-37-28-26-24-22-20-18-16-14-12-10-8-6-4-2/h22,24,43,45,51,53,59,61,64-65,68-69H,3-21,23,25-42,44,46-50,52,54-58,60,62-63H2,1-2H3,(H,67,70)/b24-22-,45-43+,53-51+,61-59+. The summed E-state index contributed by atoms with van der Waals surface area (Å²) >= 11 is 0. The van der Waals surface area contributed by atoms with E-state index in [9.17, 15) is 15.0 Å². The van der Waals surface area contributed by atoms with Gasteiger partial charge in [0.1, 0.15) is 0 Å². The summed E-state index contributed by atoms with van der Waals surface area (Å²) in [5.41, 5.74) is 0. The monoisotopic (exact) mass is 980 g/mol. The third-order valence-corrected chi connectivity index (χ3v) is 14.8. The van der Waals surface area contributed by atoms with Crippen molar-refractivity contribution in [2.75, 3.05) is 6.61 Å². The van der Waals surface area contributed by atoms with E-state index in [4.69, 9.17) is 0 Å². The average molecular weight is 981 g/mol. The lowest BCUT2D eigenvalue weighted by molar-refractivity contribution is -0.123. The highest BCUT2D eigenvalue weighted by Gasteiger charge is 2.18. The lowest BCUT2D eigenvalue weighted by Crippen LogP contribution is -2.45. The first-order chi connectivity index (χ1) is 34.7. The minimum Gasteiger partial charge on any atom is -0.394 e. The van der Waals surface area contributed by atoms with E-state index in [0.717, 1.165) is 38.5 Å². The Morgan fingerprint density at radius 2 is 0.557 bits per heavy atom. The van der Waals surface area contributed by atoms with Crippen LogP contribution in [0.3, 0.4) is 0 Å². The zero-order chi connectivity index (χ0) is 50.6. The first kappa shape index (κ1) is 68.4. The molecule has 412 valence electrons. The predicted molar refractivity (Wildman–Crippen MR) is 313 cm³/mol. The van der Waals surface area contributed by atoms with Gasteiger partial charge < -0.3 is 15.5 Å². The van der Waals surface area contributed by atoms with Crippen molar-refractivity contribution in [2.24, 2.45) is 0 Å². The number of hydrogen-bond acceptors (Lipinski definition) is 3. The molecule has 0 fully saturated rings. The molecule has 0 aromatic rings. The lowest BCUT2D eigenvalue weighted by Gasteiger charge is -2.19. The Labute approximate surface area is 439 Å². The number of unbranched alkanes of at least 4 members (excludes halogenated alkanes) is 46. The van der Waals surface area contributed by atoms with Gasteiger partial charge in [0.25, 0.3) is 0 Å². The van der Waals surface area contributed by atoms with Gasteiger partial charge in [0.05, 0.1) is 18.8 Å². The van der Waals surface area contributed by atoms with Gasteiger partial charge in [-0.3, -0.25) is 4.79 Å². The van der Waals surface area contributed by atoms with Gasteiger partial charge in [-0.25, -0.2) is 0 Å². The van der Waals surface area contributed by atoms with Crippen LogP contribution in [-0.2, 0) is 4.79 Å². The van der Waals surface area contributed by atoms with Crippen LogP contribution >= 0.6 is 0 Å². The molecule has 0 aromatic carbocycles. The Hall–Kier alpha value is -1.65. The predicted octanol–water partition coefficient (Wildman–Crippen LogP) is 21.4. The minimum absolute atomic E-state index is 0.0739. The molecule has 0 radical (unpaired) electrons. The van der Waals surface area contributed by atoms with Crippen LogP contribution in [0, 0.1) is 0 Å². The van der Waals surface area contributed by atoms with Crippen LogP contribution in [0.2, 0.25) is 0 Å². The summed E-state index contributed by atoms with van der Waals surface area (Å²) in [6, 6.07) is -0.647. The van der Waals surface area contributed by atoms with Crippen LogP contribution in [0.25, 0.3) is 0 Å². The lowest BCUT2D eigenvalue weighted by atomic mass is 10.0. The van der Waals surface area contributed by atoms with Gasteiger partial charge in [-0.2, -0.15) is 0 Å². The smallest absolute Gasteiger partial charge is 0.220 e. The van der Waals surface area contributed by atoms with E-state index in [-0.39, 0.29) is 12.5 Å². The SMILES string of the molecule is CCCCCCCCCC/C=C\CCCCCCCCCCCCCCCC(=O)NC(CO)C(O)/C=C/CC/C=C/CC/C=C/CCCCCCCCCCCCCCCCCCCCCCCCC. The van der Waals surface area contributed by atoms with E-state index < -0.39 is 12.1 Å². The highest BCUT2D eigenvalue weighted by molar-refractivity contribution is 5.76. The van der Waals surface area contributed by atoms with Crippen molar-refractivity contribution in [2.45, 2.75) is 360 Å². The number of amides is 1. The molecule has 4 heteroatoms. The highest BCUT2D eigenvalue weighted by atomic mass is 16.3. The fourth-order valence-electron chi connectivity index (χ4n) is 9.92. The third kappa shape index (κ3) is 57.3. The quantitative estimate of drug-likeness (QED) is 0.0420. The largest absolute Gasteiger partial charge is 0.394 e. The molecule has 2 unspecified atom stereocenters. The molecule has 0 heterocycles. The van der Waals surface area contributed by atoms with Crippen molar-refractivity contribution in [3.63, 3.8) is 0 Å². The van der Waals surface area contributed by atoms with Crippen LogP contribution in [0.4, 0.5) is 0 Å². The molecule has 0 aliphatic rings. The number of nitrogens with one attached hydrogen (secondary N) is 1. The van der Waals surface area contributed by atoms with Gasteiger partial charge in [-0.15, -0.1) is 0 Å².